The van der Waals surface area contributed by atoms with Crippen molar-refractivity contribution in [1.29, 1.82) is 0 Å². The smallest absolute Gasteiger partial charge is 0.162 e. The molecule has 0 unspecified atom stereocenters. The fraction of sp³-hybridized carbons (Fsp3) is 0.333. The first-order valence-electron chi connectivity index (χ1n) is 7.08. The Morgan fingerprint density at radius 1 is 0.905 bits per heavy atom. The van der Waals surface area contributed by atoms with E-state index in [0.29, 0.717) is 0 Å². The van der Waals surface area contributed by atoms with E-state index in [1.165, 1.54) is 16.7 Å². The average molecular weight is 285 g/mol. The number of hydrogen-bond acceptors (Lipinski definition) is 3. The van der Waals surface area contributed by atoms with Crippen molar-refractivity contribution in [3.63, 3.8) is 0 Å². The Balaban J connectivity index is 2.22. The van der Waals surface area contributed by atoms with Gasteiger partial charge in [-0.2, -0.15) is 0 Å². The van der Waals surface area contributed by atoms with E-state index in [4.69, 9.17) is 9.47 Å². The van der Waals surface area contributed by atoms with Crippen LogP contribution in [0.5, 0.6) is 11.5 Å². The summed E-state index contributed by atoms with van der Waals surface area (Å²) in [4.78, 5) is 0. The molecule has 2 aromatic carbocycles. The average Bonchev–Trinajstić information content (AvgIpc) is 2.49. The number of rotatable bonds is 5. The lowest BCUT2D eigenvalue weighted by Crippen LogP contribution is -2.04. The van der Waals surface area contributed by atoms with Crippen LogP contribution in [0.25, 0.3) is 0 Å². The molecule has 0 radical (unpaired) electrons. The second-order valence-electron chi connectivity index (χ2n) is 5.23. The molecule has 112 valence electrons. The number of benzene rings is 2. The molecule has 21 heavy (non-hydrogen) atoms. The molecule has 0 aromatic heterocycles. The third-order valence-electron chi connectivity index (χ3n) is 3.92. The summed E-state index contributed by atoms with van der Waals surface area (Å²) in [6, 6.07) is 10.4. The van der Waals surface area contributed by atoms with Gasteiger partial charge in [0, 0.05) is 18.3 Å². The van der Waals surface area contributed by atoms with Crippen molar-refractivity contribution < 1.29 is 9.47 Å². The van der Waals surface area contributed by atoms with E-state index in [2.05, 4.69) is 44.3 Å². The molecule has 0 spiro atoms. The van der Waals surface area contributed by atoms with Gasteiger partial charge in [-0.3, -0.25) is 0 Å². The Morgan fingerprint density at radius 2 is 1.57 bits per heavy atom. The highest BCUT2D eigenvalue weighted by atomic mass is 16.5. The van der Waals surface area contributed by atoms with Crippen molar-refractivity contribution in [2.75, 3.05) is 19.5 Å². The summed E-state index contributed by atoms with van der Waals surface area (Å²) < 4.78 is 10.7. The standard InChI is InChI=1S/C18H23NO2/c1-12-7-6-8-15(14(12)3)11-19-16-10-18(21-5)17(20-4)9-13(16)2/h6-10,19H,11H2,1-5H3. The Labute approximate surface area is 126 Å². The maximum absolute atomic E-state index is 5.36. The number of hydrogen-bond donors (Lipinski definition) is 1. The fourth-order valence-corrected chi connectivity index (χ4v) is 2.36. The minimum absolute atomic E-state index is 0.742. The van der Waals surface area contributed by atoms with Gasteiger partial charge in [0.25, 0.3) is 0 Å². The highest BCUT2D eigenvalue weighted by Gasteiger charge is 2.09. The molecule has 0 aliphatic heterocycles. The van der Waals surface area contributed by atoms with E-state index < -0.39 is 0 Å². The third kappa shape index (κ3) is 3.30. The maximum atomic E-state index is 5.36. The van der Waals surface area contributed by atoms with Crippen molar-refractivity contribution in [3.8, 4) is 11.5 Å². The SMILES string of the molecule is COc1cc(C)c(NCc2cccc(C)c2C)cc1OC. The molecule has 0 atom stereocenters. The minimum atomic E-state index is 0.742. The van der Waals surface area contributed by atoms with Crippen molar-refractivity contribution in [2.45, 2.75) is 27.3 Å². The van der Waals surface area contributed by atoms with Crippen LogP contribution in [0.4, 0.5) is 5.69 Å². The molecule has 1 N–H and O–H groups in total. The first kappa shape index (κ1) is 15.2. The molecule has 0 aliphatic carbocycles. The van der Waals surface area contributed by atoms with Crippen molar-refractivity contribution >= 4 is 5.69 Å². The van der Waals surface area contributed by atoms with Crippen molar-refractivity contribution in [2.24, 2.45) is 0 Å². The largest absolute Gasteiger partial charge is 0.493 e. The van der Waals surface area contributed by atoms with E-state index in [1.807, 2.05) is 12.1 Å². The minimum Gasteiger partial charge on any atom is -0.493 e. The number of ether oxygens (including phenoxy) is 2. The van der Waals surface area contributed by atoms with Gasteiger partial charge in [0.2, 0.25) is 0 Å². The Bertz CT molecular complexity index is 635. The van der Waals surface area contributed by atoms with Gasteiger partial charge in [0.15, 0.2) is 11.5 Å². The van der Waals surface area contributed by atoms with Crippen LogP contribution in [-0.2, 0) is 6.54 Å². The molecule has 0 saturated heterocycles. The Morgan fingerprint density at radius 3 is 2.24 bits per heavy atom. The molecule has 0 bridgehead atoms. The predicted molar refractivity (Wildman–Crippen MR) is 87.5 cm³/mol. The van der Waals surface area contributed by atoms with E-state index in [9.17, 15) is 0 Å². The normalized spacial score (nSPS) is 10.3. The molecule has 0 aliphatic rings. The van der Waals surface area contributed by atoms with Crippen LogP contribution in [-0.4, -0.2) is 14.2 Å². The van der Waals surface area contributed by atoms with Crippen LogP contribution in [0.3, 0.4) is 0 Å². The van der Waals surface area contributed by atoms with E-state index >= 15 is 0 Å². The molecule has 0 fully saturated rings. The molecule has 0 saturated carbocycles. The summed E-state index contributed by atoms with van der Waals surface area (Å²) in [5.41, 5.74) is 6.16. The number of nitrogens with one attached hydrogen (secondary N) is 1. The van der Waals surface area contributed by atoms with Crippen molar-refractivity contribution in [1.82, 2.24) is 0 Å². The van der Waals surface area contributed by atoms with Gasteiger partial charge in [0.1, 0.15) is 0 Å². The highest BCUT2D eigenvalue weighted by molar-refractivity contribution is 5.60. The number of aryl methyl sites for hydroxylation is 2. The highest BCUT2D eigenvalue weighted by Crippen LogP contribution is 2.33. The Kier molecular flexibility index (Phi) is 4.73. The van der Waals surface area contributed by atoms with Crippen LogP contribution in [0.15, 0.2) is 30.3 Å². The van der Waals surface area contributed by atoms with Gasteiger partial charge in [-0.15, -0.1) is 0 Å². The lowest BCUT2D eigenvalue weighted by atomic mass is 10.0. The van der Waals surface area contributed by atoms with E-state index in [1.54, 1.807) is 14.2 Å². The molecular weight excluding hydrogens is 262 g/mol. The summed E-state index contributed by atoms with van der Waals surface area (Å²) in [6.45, 7) is 7.16. The molecule has 2 rings (SSSR count). The third-order valence-corrected chi connectivity index (χ3v) is 3.92. The molecule has 0 heterocycles. The zero-order valence-corrected chi connectivity index (χ0v) is 13.4. The zero-order valence-electron chi connectivity index (χ0n) is 13.4. The summed E-state index contributed by atoms with van der Waals surface area (Å²) in [5.74, 6) is 1.50. The van der Waals surface area contributed by atoms with Gasteiger partial charge in [-0.25, -0.2) is 0 Å². The topological polar surface area (TPSA) is 30.5 Å². The van der Waals surface area contributed by atoms with Gasteiger partial charge >= 0.3 is 0 Å². The lowest BCUT2D eigenvalue weighted by molar-refractivity contribution is 0.355. The van der Waals surface area contributed by atoms with Gasteiger partial charge < -0.3 is 14.8 Å². The van der Waals surface area contributed by atoms with Crippen LogP contribution in [0.1, 0.15) is 22.3 Å². The van der Waals surface area contributed by atoms with Crippen LogP contribution in [0, 0.1) is 20.8 Å². The monoisotopic (exact) mass is 285 g/mol. The number of methoxy groups -OCH3 is 2. The second kappa shape index (κ2) is 6.53. The molecule has 0 amide bonds. The fourth-order valence-electron chi connectivity index (χ4n) is 2.36. The maximum Gasteiger partial charge on any atom is 0.162 e. The van der Waals surface area contributed by atoms with E-state index in [-0.39, 0.29) is 0 Å². The van der Waals surface area contributed by atoms with Gasteiger partial charge in [-0.1, -0.05) is 18.2 Å². The van der Waals surface area contributed by atoms with Crippen LogP contribution >= 0.6 is 0 Å². The summed E-state index contributed by atoms with van der Waals surface area (Å²) in [5, 5.41) is 3.49. The quantitative estimate of drug-likeness (QED) is 0.891. The van der Waals surface area contributed by atoms with Crippen LogP contribution < -0.4 is 14.8 Å². The Hall–Kier alpha value is -2.16. The molecule has 3 heteroatoms. The second-order valence-corrected chi connectivity index (χ2v) is 5.23. The first-order chi connectivity index (χ1) is 10.1. The molecule has 2 aromatic rings. The van der Waals surface area contributed by atoms with Crippen molar-refractivity contribution in [3.05, 3.63) is 52.6 Å². The van der Waals surface area contributed by atoms with Crippen LogP contribution in [0.2, 0.25) is 0 Å². The van der Waals surface area contributed by atoms with Gasteiger partial charge in [-0.05, 0) is 49.1 Å². The lowest BCUT2D eigenvalue weighted by Gasteiger charge is -2.15. The summed E-state index contributed by atoms with van der Waals surface area (Å²) in [7, 11) is 3.31. The van der Waals surface area contributed by atoms with Gasteiger partial charge in [0.05, 0.1) is 14.2 Å². The number of anilines is 1. The predicted octanol–water partition coefficient (Wildman–Crippen LogP) is 4.24. The first-order valence-corrected chi connectivity index (χ1v) is 7.08. The molecular formula is C18H23NO2. The summed E-state index contributed by atoms with van der Waals surface area (Å²) >= 11 is 0. The van der Waals surface area contributed by atoms with E-state index in [0.717, 1.165) is 29.3 Å². The summed E-state index contributed by atoms with van der Waals surface area (Å²) in [6.07, 6.45) is 0. The molecule has 3 nitrogen and oxygen atoms in total. The zero-order chi connectivity index (χ0) is 15.4.